The number of rotatable bonds is 4. The Balaban J connectivity index is 1.67. The van der Waals surface area contributed by atoms with E-state index in [0.717, 1.165) is 4.90 Å². The minimum absolute atomic E-state index is 0.0712. The minimum atomic E-state index is -1.22. The molecule has 1 saturated heterocycles. The molecule has 0 aliphatic carbocycles. The molecule has 1 fully saturated rings. The highest BCUT2D eigenvalue weighted by Crippen LogP contribution is 2.38. The average molecular weight is 387 g/mol. The Bertz CT molecular complexity index is 707. The number of fused-ring (bicyclic) bond motifs is 1. The summed E-state index contributed by atoms with van der Waals surface area (Å²) in [6.45, 7) is 0. The number of carboxylic acid groups (broad SMARTS) is 1. The molecule has 2 atom stereocenters. The fourth-order valence-corrected chi connectivity index (χ4v) is 5.22. The lowest BCUT2D eigenvalue weighted by molar-refractivity contribution is -0.146. The van der Waals surface area contributed by atoms with Gasteiger partial charge in [-0.15, -0.1) is 11.8 Å². The summed E-state index contributed by atoms with van der Waals surface area (Å²) in [6, 6.07) is 5.17. The lowest BCUT2D eigenvalue weighted by Crippen LogP contribution is -2.55. The third-order valence-electron chi connectivity index (χ3n) is 3.94. The van der Waals surface area contributed by atoms with E-state index in [1.165, 1.54) is 23.5 Å². The first-order chi connectivity index (χ1) is 11.4. The van der Waals surface area contributed by atoms with Gasteiger partial charge in [0.2, 0.25) is 11.8 Å². The van der Waals surface area contributed by atoms with Crippen molar-refractivity contribution in [3.8, 4) is 0 Å². The first-order valence-electron chi connectivity index (χ1n) is 7.29. The summed E-state index contributed by atoms with van der Waals surface area (Å²) in [5, 5.41) is 14.7. The molecular weight excluding hydrogens is 372 g/mol. The maximum absolute atomic E-state index is 12.3. The molecule has 0 saturated carbocycles. The fourth-order valence-electron chi connectivity index (χ4n) is 2.63. The van der Waals surface area contributed by atoms with Gasteiger partial charge in [-0.25, -0.2) is 4.79 Å². The lowest BCUT2D eigenvalue weighted by Gasteiger charge is -2.27. The van der Waals surface area contributed by atoms with E-state index in [-0.39, 0.29) is 12.3 Å². The number of carboxylic acids is 1. The number of carbonyl (C=O) groups excluding carboxylic acids is 2. The van der Waals surface area contributed by atoms with Crippen LogP contribution >= 0.6 is 35.1 Å². The SMILES string of the molecule is O=C(CC1Sc2ccc(Cl)cc2NC1=O)NC1(C(=O)O)CCSC1. The highest BCUT2D eigenvalue weighted by Gasteiger charge is 2.43. The standard InChI is InChI=1S/C15H15ClN2O4S2/c16-8-1-2-10-9(5-8)17-13(20)11(24-10)6-12(19)18-15(14(21)22)3-4-23-7-15/h1-2,5,11H,3-4,6-7H2,(H,17,20)(H,18,19)(H,21,22). The molecule has 1 aromatic rings. The molecular formula is C15H15ClN2O4S2. The van der Waals surface area contributed by atoms with Crippen LogP contribution < -0.4 is 10.6 Å². The zero-order chi connectivity index (χ0) is 17.3. The van der Waals surface area contributed by atoms with Crippen LogP contribution in [-0.2, 0) is 14.4 Å². The number of benzene rings is 1. The number of nitrogens with one attached hydrogen (secondary N) is 2. The summed E-state index contributed by atoms with van der Waals surface area (Å²) >= 11 is 8.68. The van der Waals surface area contributed by atoms with Crippen molar-refractivity contribution in [2.24, 2.45) is 0 Å². The third-order valence-corrected chi connectivity index (χ3v) is 6.64. The van der Waals surface area contributed by atoms with Crippen LogP contribution in [0.5, 0.6) is 0 Å². The number of carbonyl (C=O) groups is 3. The molecule has 0 aromatic heterocycles. The van der Waals surface area contributed by atoms with Crippen LogP contribution in [-0.4, -0.2) is 45.2 Å². The van der Waals surface area contributed by atoms with Gasteiger partial charge in [0.1, 0.15) is 5.54 Å². The molecule has 9 heteroatoms. The Labute approximate surface area is 152 Å². The third kappa shape index (κ3) is 3.50. The molecule has 1 aromatic carbocycles. The molecule has 2 amide bonds. The van der Waals surface area contributed by atoms with Crippen LogP contribution in [0, 0.1) is 0 Å². The van der Waals surface area contributed by atoms with Gasteiger partial charge in [0.05, 0.1) is 10.9 Å². The van der Waals surface area contributed by atoms with Crippen molar-refractivity contribution in [3.05, 3.63) is 23.2 Å². The van der Waals surface area contributed by atoms with Gasteiger partial charge in [0.25, 0.3) is 0 Å². The summed E-state index contributed by atoms with van der Waals surface area (Å²) in [5.41, 5.74) is -0.591. The van der Waals surface area contributed by atoms with Gasteiger partial charge in [-0.05, 0) is 30.4 Å². The maximum atomic E-state index is 12.3. The smallest absolute Gasteiger partial charge is 0.330 e. The molecule has 3 rings (SSSR count). The number of hydrogen-bond acceptors (Lipinski definition) is 5. The summed E-state index contributed by atoms with van der Waals surface area (Å²) in [6.07, 6.45) is 0.322. The summed E-state index contributed by atoms with van der Waals surface area (Å²) in [7, 11) is 0. The molecule has 2 heterocycles. The summed E-state index contributed by atoms with van der Waals surface area (Å²) in [4.78, 5) is 36.8. The molecule has 2 aliphatic heterocycles. The lowest BCUT2D eigenvalue weighted by atomic mass is 9.99. The Hall–Kier alpha value is -1.38. The zero-order valence-electron chi connectivity index (χ0n) is 12.5. The topological polar surface area (TPSA) is 95.5 Å². The second-order valence-electron chi connectivity index (χ2n) is 5.68. The second-order valence-corrected chi connectivity index (χ2v) is 8.46. The molecule has 0 spiro atoms. The fraction of sp³-hybridized carbons (Fsp3) is 0.400. The first-order valence-corrected chi connectivity index (χ1v) is 9.70. The van der Waals surface area contributed by atoms with E-state index in [0.29, 0.717) is 28.6 Å². The predicted octanol–water partition coefficient (Wildman–Crippen LogP) is 2.22. The highest BCUT2D eigenvalue weighted by molar-refractivity contribution is 8.01. The Morgan fingerprint density at radius 1 is 1.46 bits per heavy atom. The monoisotopic (exact) mass is 386 g/mol. The minimum Gasteiger partial charge on any atom is -0.479 e. The second kappa shape index (κ2) is 6.85. The van der Waals surface area contributed by atoms with Crippen molar-refractivity contribution in [1.82, 2.24) is 5.32 Å². The van der Waals surface area contributed by atoms with Crippen molar-refractivity contribution in [3.63, 3.8) is 0 Å². The summed E-state index contributed by atoms with van der Waals surface area (Å²) < 4.78 is 0. The Morgan fingerprint density at radius 3 is 2.92 bits per heavy atom. The number of aliphatic carboxylic acids is 1. The Morgan fingerprint density at radius 2 is 2.25 bits per heavy atom. The molecule has 6 nitrogen and oxygen atoms in total. The van der Waals surface area contributed by atoms with Gasteiger partial charge in [-0.3, -0.25) is 9.59 Å². The van der Waals surface area contributed by atoms with E-state index in [1.54, 1.807) is 18.2 Å². The van der Waals surface area contributed by atoms with E-state index in [4.69, 9.17) is 11.6 Å². The van der Waals surface area contributed by atoms with Crippen molar-refractivity contribution >= 4 is 58.6 Å². The van der Waals surface area contributed by atoms with Crippen molar-refractivity contribution in [2.45, 2.75) is 28.5 Å². The van der Waals surface area contributed by atoms with Gasteiger partial charge >= 0.3 is 5.97 Å². The molecule has 0 radical (unpaired) electrons. The van der Waals surface area contributed by atoms with Crippen LogP contribution in [0.25, 0.3) is 0 Å². The quantitative estimate of drug-likeness (QED) is 0.734. The average Bonchev–Trinajstić information content (AvgIpc) is 2.98. The number of hydrogen-bond donors (Lipinski definition) is 3. The molecule has 24 heavy (non-hydrogen) atoms. The van der Waals surface area contributed by atoms with Crippen molar-refractivity contribution in [1.29, 1.82) is 0 Å². The van der Waals surface area contributed by atoms with Crippen LogP contribution in [0.15, 0.2) is 23.1 Å². The first kappa shape index (κ1) is 17.4. The van der Waals surface area contributed by atoms with Crippen LogP contribution in [0.2, 0.25) is 5.02 Å². The summed E-state index contributed by atoms with van der Waals surface area (Å²) in [5.74, 6) is -0.694. The molecule has 3 N–H and O–H groups in total. The van der Waals surface area contributed by atoms with E-state index < -0.39 is 22.7 Å². The molecule has 0 bridgehead atoms. The van der Waals surface area contributed by atoms with Gasteiger partial charge in [0.15, 0.2) is 0 Å². The molecule has 2 unspecified atom stereocenters. The molecule has 2 aliphatic rings. The maximum Gasteiger partial charge on any atom is 0.330 e. The van der Waals surface area contributed by atoms with Crippen LogP contribution in [0.4, 0.5) is 5.69 Å². The van der Waals surface area contributed by atoms with E-state index in [2.05, 4.69) is 10.6 Å². The zero-order valence-corrected chi connectivity index (χ0v) is 14.9. The highest BCUT2D eigenvalue weighted by atomic mass is 35.5. The van der Waals surface area contributed by atoms with Crippen molar-refractivity contribution < 1.29 is 19.5 Å². The normalized spacial score (nSPS) is 25.7. The van der Waals surface area contributed by atoms with Crippen LogP contribution in [0.1, 0.15) is 12.8 Å². The van der Waals surface area contributed by atoms with Gasteiger partial charge < -0.3 is 15.7 Å². The van der Waals surface area contributed by atoms with Gasteiger partial charge in [0, 0.05) is 22.1 Å². The largest absolute Gasteiger partial charge is 0.479 e. The van der Waals surface area contributed by atoms with E-state index in [1.807, 2.05) is 0 Å². The number of thioether (sulfide) groups is 2. The number of amides is 2. The van der Waals surface area contributed by atoms with Gasteiger partial charge in [-0.1, -0.05) is 11.6 Å². The van der Waals surface area contributed by atoms with Gasteiger partial charge in [-0.2, -0.15) is 11.8 Å². The van der Waals surface area contributed by atoms with E-state index in [9.17, 15) is 19.5 Å². The van der Waals surface area contributed by atoms with Crippen molar-refractivity contribution in [2.75, 3.05) is 16.8 Å². The van der Waals surface area contributed by atoms with Crippen LogP contribution in [0.3, 0.4) is 0 Å². The predicted molar refractivity (Wildman–Crippen MR) is 94.8 cm³/mol. The molecule has 128 valence electrons. The van der Waals surface area contributed by atoms with E-state index >= 15 is 0 Å². The number of anilines is 1. The number of halogens is 1. The Kier molecular flexibility index (Phi) is 4.98.